The highest BCUT2D eigenvalue weighted by Gasteiger charge is 2.17. The van der Waals surface area contributed by atoms with Gasteiger partial charge >= 0.3 is 5.97 Å². The van der Waals surface area contributed by atoms with E-state index in [0.717, 1.165) is 17.0 Å². The third kappa shape index (κ3) is 3.82. The second kappa shape index (κ2) is 7.83. The largest absolute Gasteiger partial charge is 0.465 e. The number of para-hydroxylation sites is 1. The van der Waals surface area contributed by atoms with Crippen molar-refractivity contribution < 1.29 is 18.7 Å². The Morgan fingerprint density at radius 3 is 2.78 bits per heavy atom. The lowest BCUT2D eigenvalue weighted by Crippen LogP contribution is -2.23. The first-order valence-corrected chi connectivity index (χ1v) is 9.33. The van der Waals surface area contributed by atoms with Crippen LogP contribution >= 0.6 is 11.3 Å². The van der Waals surface area contributed by atoms with E-state index in [-0.39, 0.29) is 29.2 Å². The second-order valence-corrected chi connectivity index (χ2v) is 6.78. The van der Waals surface area contributed by atoms with Gasteiger partial charge in [-0.25, -0.2) is 4.39 Å². The highest BCUT2D eigenvalue weighted by molar-refractivity contribution is 7.16. The lowest BCUT2D eigenvalue weighted by atomic mass is 10.3. The van der Waals surface area contributed by atoms with Crippen LogP contribution in [0.1, 0.15) is 30.0 Å². The average Bonchev–Trinajstić information content (AvgIpc) is 3.16. The van der Waals surface area contributed by atoms with E-state index >= 15 is 0 Å². The Labute approximate surface area is 158 Å². The number of thiazole rings is 1. The Morgan fingerprint density at radius 2 is 2.11 bits per heavy atom. The summed E-state index contributed by atoms with van der Waals surface area (Å²) in [5.41, 5.74) is 1.27. The molecule has 0 spiro atoms. The Balaban J connectivity index is 2.11. The fraction of sp³-hybridized carbons (Fsp3) is 0.333. The van der Waals surface area contributed by atoms with E-state index < -0.39 is 17.7 Å². The molecule has 2 heterocycles. The topological polar surface area (TPSA) is 78.5 Å². The molecule has 1 amide bonds. The molecule has 2 aromatic heterocycles. The summed E-state index contributed by atoms with van der Waals surface area (Å²) in [5.74, 6) is -1.57. The van der Waals surface area contributed by atoms with Crippen LogP contribution in [-0.4, -0.2) is 32.8 Å². The van der Waals surface area contributed by atoms with Crippen LogP contribution in [0.4, 0.5) is 4.39 Å². The molecule has 0 saturated carbocycles. The molecule has 0 aliphatic heterocycles. The zero-order valence-electron chi connectivity index (χ0n) is 15.2. The van der Waals surface area contributed by atoms with Gasteiger partial charge in [0.05, 0.1) is 16.8 Å². The molecule has 3 rings (SSSR count). The van der Waals surface area contributed by atoms with E-state index in [4.69, 9.17) is 4.74 Å². The van der Waals surface area contributed by atoms with Crippen LogP contribution < -0.4 is 4.80 Å². The third-order valence-electron chi connectivity index (χ3n) is 3.94. The number of hydrogen-bond donors (Lipinski definition) is 0. The zero-order chi connectivity index (χ0) is 19.6. The molecule has 0 radical (unpaired) electrons. The van der Waals surface area contributed by atoms with E-state index in [1.54, 1.807) is 29.8 Å². The van der Waals surface area contributed by atoms with Gasteiger partial charge in [-0.3, -0.25) is 14.3 Å². The SMILES string of the molecule is CCOC(=O)Cn1c(=NC(=O)c2cc(C)n(CC)n2)sc2cccc(F)c21. The maximum absolute atomic E-state index is 14.4. The third-order valence-corrected chi connectivity index (χ3v) is 4.98. The summed E-state index contributed by atoms with van der Waals surface area (Å²) in [4.78, 5) is 28.8. The van der Waals surface area contributed by atoms with Gasteiger partial charge in [0, 0.05) is 12.2 Å². The molecule has 0 saturated heterocycles. The molecule has 9 heteroatoms. The van der Waals surface area contributed by atoms with Gasteiger partial charge in [-0.2, -0.15) is 10.1 Å². The van der Waals surface area contributed by atoms with Crippen molar-refractivity contribution in [2.24, 2.45) is 4.99 Å². The standard InChI is InChI=1S/C18H19FN4O3S/c1-4-23-11(3)9-13(21-23)17(25)20-18-22(10-15(24)26-5-2)16-12(19)7-6-8-14(16)27-18/h6-9H,4-5,10H2,1-3H3. The lowest BCUT2D eigenvalue weighted by Gasteiger charge is -2.05. The maximum atomic E-state index is 14.4. The fourth-order valence-electron chi connectivity index (χ4n) is 2.73. The van der Waals surface area contributed by atoms with Crippen molar-refractivity contribution in [1.82, 2.24) is 14.3 Å². The Kier molecular flexibility index (Phi) is 5.50. The number of aromatic nitrogens is 3. The maximum Gasteiger partial charge on any atom is 0.326 e. The number of ether oxygens (including phenoxy) is 1. The number of halogens is 1. The van der Waals surface area contributed by atoms with Crippen molar-refractivity contribution in [3.63, 3.8) is 0 Å². The first-order chi connectivity index (χ1) is 12.9. The zero-order valence-corrected chi connectivity index (χ0v) is 16.0. The van der Waals surface area contributed by atoms with Gasteiger partial charge in [0.1, 0.15) is 12.4 Å². The number of hydrogen-bond acceptors (Lipinski definition) is 5. The van der Waals surface area contributed by atoms with Crippen molar-refractivity contribution in [3.8, 4) is 0 Å². The summed E-state index contributed by atoms with van der Waals surface area (Å²) in [5, 5.41) is 4.22. The first-order valence-electron chi connectivity index (χ1n) is 8.51. The number of esters is 1. The molecular weight excluding hydrogens is 371 g/mol. The smallest absolute Gasteiger partial charge is 0.326 e. The minimum absolute atomic E-state index is 0.204. The number of amides is 1. The number of carbonyl (C=O) groups excluding carboxylic acids is 2. The van der Waals surface area contributed by atoms with Crippen molar-refractivity contribution in [2.45, 2.75) is 33.9 Å². The number of rotatable bonds is 5. The monoisotopic (exact) mass is 390 g/mol. The average molecular weight is 390 g/mol. The highest BCUT2D eigenvalue weighted by Crippen LogP contribution is 2.20. The quantitative estimate of drug-likeness (QED) is 0.628. The Hall–Kier alpha value is -2.81. The summed E-state index contributed by atoms with van der Waals surface area (Å²) in [6, 6.07) is 6.23. The number of aryl methyl sites for hydroxylation is 2. The van der Waals surface area contributed by atoms with Crippen molar-refractivity contribution in [3.05, 3.63) is 46.3 Å². The number of nitrogens with zero attached hydrogens (tertiary/aromatic N) is 4. The van der Waals surface area contributed by atoms with E-state index in [1.807, 2.05) is 13.8 Å². The molecule has 0 aliphatic rings. The van der Waals surface area contributed by atoms with Crippen molar-refractivity contribution >= 4 is 33.4 Å². The van der Waals surface area contributed by atoms with E-state index in [0.29, 0.717) is 11.2 Å². The molecular formula is C18H19FN4O3S. The molecule has 0 N–H and O–H groups in total. The normalized spacial score (nSPS) is 11.9. The summed E-state index contributed by atoms with van der Waals surface area (Å²) >= 11 is 1.13. The molecule has 0 aliphatic carbocycles. The van der Waals surface area contributed by atoms with E-state index in [9.17, 15) is 14.0 Å². The van der Waals surface area contributed by atoms with Crippen LogP contribution in [0.5, 0.6) is 0 Å². The van der Waals surface area contributed by atoms with Gasteiger partial charge in [-0.05, 0) is 39.0 Å². The predicted molar refractivity (Wildman–Crippen MR) is 98.9 cm³/mol. The van der Waals surface area contributed by atoms with Gasteiger partial charge in [-0.1, -0.05) is 17.4 Å². The molecule has 142 valence electrons. The highest BCUT2D eigenvalue weighted by atomic mass is 32.1. The minimum atomic E-state index is -0.546. The lowest BCUT2D eigenvalue weighted by molar-refractivity contribution is -0.143. The summed E-state index contributed by atoms with van der Waals surface area (Å²) in [6.45, 7) is 6.08. The molecule has 0 fully saturated rings. The molecule has 0 atom stereocenters. The second-order valence-electron chi connectivity index (χ2n) is 5.77. The van der Waals surface area contributed by atoms with E-state index in [2.05, 4.69) is 10.1 Å². The molecule has 27 heavy (non-hydrogen) atoms. The van der Waals surface area contributed by atoms with Crippen LogP contribution in [0.25, 0.3) is 10.2 Å². The van der Waals surface area contributed by atoms with Crippen molar-refractivity contribution in [1.29, 1.82) is 0 Å². The van der Waals surface area contributed by atoms with Crippen LogP contribution in [-0.2, 0) is 22.6 Å². The van der Waals surface area contributed by atoms with Gasteiger partial charge in [0.15, 0.2) is 10.5 Å². The van der Waals surface area contributed by atoms with Gasteiger partial charge in [0.2, 0.25) is 0 Å². The van der Waals surface area contributed by atoms with Crippen LogP contribution in [0, 0.1) is 12.7 Å². The molecule has 0 bridgehead atoms. The molecule has 0 unspecified atom stereocenters. The van der Waals surface area contributed by atoms with Crippen LogP contribution in [0.15, 0.2) is 29.3 Å². The number of carbonyl (C=O) groups is 2. The Bertz CT molecular complexity index is 1080. The number of benzene rings is 1. The minimum Gasteiger partial charge on any atom is -0.465 e. The van der Waals surface area contributed by atoms with Gasteiger partial charge < -0.3 is 9.30 Å². The predicted octanol–water partition coefficient (Wildman–Crippen LogP) is 2.67. The van der Waals surface area contributed by atoms with Gasteiger partial charge in [-0.15, -0.1) is 0 Å². The molecule has 3 aromatic rings. The summed E-state index contributed by atoms with van der Waals surface area (Å²) in [7, 11) is 0. The Morgan fingerprint density at radius 1 is 1.33 bits per heavy atom. The van der Waals surface area contributed by atoms with Gasteiger partial charge in [0.25, 0.3) is 5.91 Å². The van der Waals surface area contributed by atoms with Crippen molar-refractivity contribution in [2.75, 3.05) is 6.61 Å². The van der Waals surface area contributed by atoms with Crippen LogP contribution in [0.2, 0.25) is 0 Å². The number of fused-ring (bicyclic) bond motifs is 1. The first kappa shape index (κ1) is 19.0. The molecule has 7 nitrogen and oxygen atoms in total. The summed E-state index contributed by atoms with van der Waals surface area (Å²) < 4.78 is 23.0. The van der Waals surface area contributed by atoms with E-state index in [1.165, 1.54) is 10.6 Å². The van der Waals surface area contributed by atoms with Crippen LogP contribution in [0.3, 0.4) is 0 Å². The fourth-order valence-corrected chi connectivity index (χ4v) is 3.78. The molecule has 1 aromatic carbocycles. The summed E-state index contributed by atoms with van der Waals surface area (Å²) in [6.07, 6.45) is 0.